The fourth-order valence-corrected chi connectivity index (χ4v) is 1.31. The highest BCUT2D eigenvalue weighted by Crippen LogP contribution is 2.15. The summed E-state index contributed by atoms with van der Waals surface area (Å²) in [6, 6.07) is 5.73. The lowest BCUT2D eigenvalue weighted by molar-refractivity contribution is 0.398. The minimum absolute atomic E-state index is 0.193. The molecule has 1 rings (SSSR count). The molecule has 0 N–H and O–H groups in total. The molecule has 0 spiro atoms. The summed E-state index contributed by atoms with van der Waals surface area (Å²) >= 11 is 5.90. The van der Waals surface area contributed by atoms with Crippen LogP contribution in [-0.2, 0) is 0 Å². The Balaban J connectivity index is 2.60. The van der Waals surface area contributed by atoms with Gasteiger partial charge in [0.2, 0.25) is 5.88 Å². The third-order valence-corrected chi connectivity index (χ3v) is 2.39. The Bertz CT molecular complexity index is 304. The second-order valence-corrected chi connectivity index (χ2v) is 4.27. The van der Waals surface area contributed by atoms with Crippen LogP contribution in [0.15, 0.2) is 18.2 Å². The zero-order valence-corrected chi connectivity index (χ0v) is 10.2. The molecule has 1 heterocycles. The Hall–Kier alpha value is -0.960. The molecule has 1 aromatic heterocycles. The van der Waals surface area contributed by atoms with Gasteiger partial charge in [-0.1, -0.05) is 6.07 Å². The number of pyridine rings is 1. The Morgan fingerprint density at radius 2 is 2.27 bits per heavy atom. The van der Waals surface area contributed by atoms with Crippen molar-refractivity contribution in [3.8, 4) is 5.88 Å². The van der Waals surface area contributed by atoms with Crippen molar-refractivity contribution in [3.63, 3.8) is 0 Å². The molecular weight excluding hydrogens is 212 g/mol. The first-order chi connectivity index (χ1) is 7.13. The maximum absolute atomic E-state index is 5.90. The first-order valence-corrected chi connectivity index (χ1v) is 5.43. The number of hydrogen-bond acceptors (Lipinski definition) is 3. The average molecular weight is 229 g/mol. The van der Waals surface area contributed by atoms with Gasteiger partial charge in [-0.05, 0) is 19.4 Å². The number of anilines is 1. The van der Waals surface area contributed by atoms with Gasteiger partial charge < -0.3 is 9.64 Å². The quantitative estimate of drug-likeness (QED) is 0.725. The van der Waals surface area contributed by atoms with E-state index in [9.17, 15) is 0 Å². The largest absolute Gasteiger partial charge is 0.481 e. The number of halogens is 1. The highest BCUT2D eigenvalue weighted by Gasteiger charge is 2.05. The van der Waals surface area contributed by atoms with Crippen LogP contribution in [-0.4, -0.2) is 31.1 Å². The Labute approximate surface area is 96.0 Å². The van der Waals surface area contributed by atoms with E-state index in [4.69, 9.17) is 16.3 Å². The first kappa shape index (κ1) is 12.1. The zero-order chi connectivity index (χ0) is 11.3. The molecule has 1 aromatic rings. The summed E-state index contributed by atoms with van der Waals surface area (Å²) in [4.78, 5) is 6.40. The van der Waals surface area contributed by atoms with Crippen molar-refractivity contribution in [2.45, 2.75) is 18.7 Å². The lowest BCUT2D eigenvalue weighted by atomic mass is 10.3. The van der Waals surface area contributed by atoms with E-state index >= 15 is 0 Å². The van der Waals surface area contributed by atoms with Crippen LogP contribution in [0.25, 0.3) is 0 Å². The SMILES string of the molecule is COc1cccc(N(C)CCC(C)Cl)n1. The van der Waals surface area contributed by atoms with Crippen LogP contribution < -0.4 is 9.64 Å². The van der Waals surface area contributed by atoms with Gasteiger partial charge in [-0.2, -0.15) is 4.98 Å². The molecule has 15 heavy (non-hydrogen) atoms. The summed E-state index contributed by atoms with van der Waals surface area (Å²) in [6.07, 6.45) is 0.941. The summed E-state index contributed by atoms with van der Waals surface area (Å²) in [5, 5.41) is 0.193. The molecule has 3 nitrogen and oxygen atoms in total. The number of rotatable bonds is 5. The van der Waals surface area contributed by atoms with Gasteiger partial charge in [-0.15, -0.1) is 11.6 Å². The molecule has 0 aromatic carbocycles. The predicted octanol–water partition coefficient (Wildman–Crippen LogP) is 2.54. The van der Waals surface area contributed by atoms with Gasteiger partial charge in [0, 0.05) is 25.0 Å². The van der Waals surface area contributed by atoms with E-state index in [1.54, 1.807) is 7.11 Å². The summed E-state index contributed by atoms with van der Waals surface area (Å²) in [5.41, 5.74) is 0. The molecule has 1 atom stereocenters. The lowest BCUT2D eigenvalue weighted by Gasteiger charge is -2.18. The molecule has 0 saturated heterocycles. The standard InChI is InChI=1S/C11H17ClN2O/c1-9(12)7-8-14(2)10-5-4-6-11(13-10)15-3/h4-6,9H,7-8H2,1-3H3. The summed E-state index contributed by atoms with van der Waals surface area (Å²) in [5.74, 6) is 1.55. The topological polar surface area (TPSA) is 25.4 Å². The minimum atomic E-state index is 0.193. The molecule has 0 fully saturated rings. The van der Waals surface area contributed by atoms with E-state index in [0.717, 1.165) is 18.8 Å². The maximum Gasteiger partial charge on any atom is 0.214 e. The van der Waals surface area contributed by atoms with E-state index in [1.807, 2.05) is 32.2 Å². The molecule has 0 bridgehead atoms. The number of aromatic nitrogens is 1. The van der Waals surface area contributed by atoms with Gasteiger partial charge in [-0.3, -0.25) is 0 Å². The van der Waals surface area contributed by atoms with Crippen molar-refractivity contribution in [2.75, 3.05) is 25.6 Å². The number of alkyl halides is 1. The fraction of sp³-hybridized carbons (Fsp3) is 0.545. The molecule has 0 radical (unpaired) electrons. The Kier molecular flexibility index (Phi) is 4.69. The zero-order valence-electron chi connectivity index (χ0n) is 9.40. The normalized spacial score (nSPS) is 12.3. The van der Waals surface area contributed by atoms with Gasteiger partial charge in [0.25, 0.3) is 0 Å². The summed E-state index contributed by atoms with van der Waals surface area (Å²) in [7, 11) is 3.62. The van der Waals surface area contributed by atoms with E-state index < -0.39 is 0 Å². The average Bonchev–Trinajstić information content (AvgIpc) is 2.26. The van der Waals surface area contributed by atoms with Gasteiger partial charge >= 0.3 is 0 Å². The lowest BCUT2D eigenvalue weighted by Crippen LogP contribution is -2.21. The Morgan fingerprint density at radius 3 is 2.87 bits per heavy atom. The third-order valence-electron chi connectivity index (χ3n) is 2.17. The van der Waals surface area contributed by atoms with E-state index in [-0.39, 0.29) is 5.38 Å². The Morgan fingerprint density at radius 1 is 1.53 bits per heavy atom. The van der Waals surface area contributed by atoms with Crippen molar-refractivity contribution >= 4 is 17.4 Å². The van der Waals surface area contributed by atoms with Crippen molar-refractivity contribution in [3.05, 3.63) is 18.2 Å². The van der Waals surface area contributed by atoms with Crippen LogP contribution in [0.3, 0.4) is 0 Å². The fourth-order valence-electron chi connectivity index (χ4n) is 1.22. The van der Waals surface area contributed by atoms with E-state index in [1.165, 1.54) is 0 Å². The molecule has 0 aliphatic heterocycles. The molecular formula is C11H17ClN2O. The van der Waals surface area contributed by atoms with Gasteiger partial charge in [-0.25, -0.2) is 0 Å². The van der Waals surface area contributed by atoms with Crippen LogP contribution >= 0.6 is 11.6 Å². The monoisotopic (exact) mass is 228 g/mol. The molecule has 0 aliphatic rings. The minimum Gasteiger partial charge on any atom is -0.481 e. The molecule has 4 heteroatoms. The highest BCUT2D eigenvalue weighted by molar-refractivity contribution is 6.20. The molecule has 0 amide bonds. The molecule has 0 saturated carbocycles. The van der Waals surface area contributed by atoms with Crippen molar-refractivity contribution < 1.29 is 4.74 Å². The molecule has 1 unspecified atom stereocenters. The maximum atomic E-state index is 5.90. The summed E-state index contributed by atoms with van der Waals surface area (Å²) in [6.45, 7) is 2.89. The van der Waals surface area contributed by atoms with Crippen LogP contribution in [0.5, 0.6) is 5.88 Å². The second kappa shape index (κ2) is 5.81. The molecule has 0 aliphatic carbocycles. The highest BCUT2D eigenvalue weighted by atomic mass is 35.5. The number of methoxy groups -OCH3 is 1. The first-order valence-electron chi connectivity index (χ1n) is 4.99. The smallest absolute Gasteiger partial charge is 0.214 e. The van der Waals surface area contributed by atoms with E-state index in [0.29, 0.717) is 5.88 Å². The van der Waals surface area contributed by atoms with Gasteiger partial charge in [0.05, 0.1) is 7.11 Å². The van der Waals surface area contributed by atoms with Crippen molar-refractivity contribution in [1.29, 1.82) is 0 Å². The second-order valence-electron chi connectivity index (χ2n) is 3.53. The number of ether oxygens (including phenoxy) is 1. The van der Waals surface area contributed by atoms with Crippen LogP contribution in [0.4, 0.5) is 5.82 Å². The van der Waals surface area contributed by atoms with Crippen molar-refractivity contribution in [2.24, 2.45) is 0 Å². The van der Waals surface area contributed by atoms with Crippen LogP contribution in [0.2, 0.25) is 0 Å². The van der Waals surface area contributed by atoms with Gasteiger partial charge in [0.1, 0.15) is 5.82 Å². The van der Waals surface area contributed by atoms with Crippen LogP contribution in [0, 0.1) is 0 Å². The van der Waals surface area contributed by atoms with Crippen molar-refractivity contribution in [1.82, 2.24) is 4.98 Å². The third kappa shape index (κ3) is 3.96. The summed E-state index contributed by atoms with van der Waals surface area (Å²) < 4.78 is 5.07. The van der Waals surface area contributed by atoms with E-state index in [2.05, 4.69) is 9.88 Å². The number of nitrogens with zero attached hydrogens (tertiary/aromatic N) is 2. The van der Waals surface area contributed by atoms with Gasteiger partial charge in [0.15, 0.2) is 0 Å². The van der Waals surface area contributed by atoms with Crippen LogP contribution in [0.1, 0.15) is 13.3 Å². The number of hydrogen-bond donors (Lipinski definition) is 0. The predicted molar refractivity (Wildman–Crippen MR) is 64.0 cm³/mol. The molecule has 84 valence electrons.